The van der Waals surface area contributed by atoms with E-state index < -0.39 is 17.4 Å². The Bertz CT molecular complexity index is 881. The van der Waals surface area contributed by atoms with Crippen molar-refractivity contribution in [2.45, 2.75) is 20.8 Å². The number of hydrogen-bond acceptors (Lipinski definition) is 6. The summed E-state index contributed by atoms with van der Waals surface area (Å²) in [4.78, 5) is 35.8. The van der Waals surface area contributed by atoms with E-state index in [9.17, 15) is 14.4 Å². The summed E-state index contributed by atoms with van der Waals surface area (Å²) in [6.45, 7) is 5.49. The van der Waals surface area contributed by atoms with Crippen LogP contribution in [-0.4, -0.2) is 32.1 Å². The molecule has 7 heteroatoms. The predicted octanol–water partition coefficient (Wildman–Crippen LogP) is 4.04. The SMILES string of the molecule is COC(=O)c1ccc(Oc2ccc(NC(=O)C(C)(C)C)cc2)cc1C(=O)OC. The monoisotopic (exact) mass is 385 g/mol. The van der Waals surface area contributed by atoms with Crippen molar-refractivity contribution in [3.8, 4) is 11.5 Å². The van der Waals surface area contributed by atoms with Crippen LogP contribution in [0.2, 0.25) is 0 Å². The Morgan fingerprint density at radius 2 is 1.32 bits per heavy atom. The minimum Gasteiger partial charge on any atom is -0.465 e. The lowest BCUT2D eigenvalue weighted by Gasteiger charge is -2.17. The van der Waals surface area contributed by atoms with Crippen LogP contribution in [0.15, 0.2) is 42.5 Å². The number of amides is 1. The lowest BCUT2D eigenvalue weighted by atomic mass is 9.95. The van der Waals surface area contributed by atoms with Crippen molar-refractivity contribution in [2.75, 3.05) is 19.5 Å². The van der Waals surface area contributed by atoms with Crippen molar-refractivity contribution in [1.82, 2.24) is 0 Å². The van der Waals surface area contributed by atoms with Gasteiger partial charge in [0.1, 0.15) is 11.5 Å². The molecule has 0 aliphatic rings. The average molecular weight is 385 g/mol. The molecule has 2 rings (SSSR count). The Morgan fingerprint density at radius 1 is 0.786 bits per heavy atom. The second-order valence-electron chi connectivity index (χ2n) is 7.02. The quantitative estimate of drug-likeness (QED) is 0.781. The summed E-state index contributed by atoms with van der Waals surface area (Å²) in [6.07, 6.45) is 0. The molecule has 0 unspecified atom stereocenters. The van der Waals surface area contributed by atoms with Gasteiger partial charge in [0.25, 0.3) is 0 Å². The summed E-state index contributed by atoms with van der Waals surface area (Å²) in [7, 11) is 2.45. The maximum atomic E-state index is 12.0. The lowest BCUT2D eigenvalue weighted by Crippen LogP contribution is -2.27. The first-order valence-corrected chi connectivity index (χ1v) is 8.55. The van der Waals surface area contributed by atoms with Crippen LogP contribution in [0.1, 0.15) is 41.5 Å². The van der Waals surface area contributed by atoms with Crippen molar-refractivity contribution >= 4 is 23.5 Å². The fourth-order valence-corrected chi connectivity index (χ4v) is 2.21. The van der Waals surface area contributed by atoms with Crippen molar-refractivity contribution in [1.29, 1.82) is 0 Å². The fraction of sp³-hybridized carbons (Fsp3) is 0.286. The molecule has 2 aromatic carbocycles. The summed E-state index contributed by atoms with van der Waals surface area (Å²) in [5.74, 6) is -0.575. The van der Waals surface area contributed by atoms with Crippen molar-refractivity contribution in [3.63, 3.8) is 0 Å². The van der Waals surface area contributed by atoms with Gasteiger partial charge in [0.2, 0.25) is 5.91 Å². The van der Waals surface area contributed by atoms with Gasteiger partial charge in [0, 0.05) is 11.1 Å². The van der Waals surface area contributed by atoms with Crippen LogP contribution in [0, 0.1) is 5.41 Å². The number of methoxy groups -OCH3 is 2. The molecular weight excluding hydrogens is 362 g/mol. The smallest absolute Gasteiger partial charge is 0.338 e. The van der Waals surface area contributed by atoms with Crippen LogP contribution in [0.3, 0.4) is 0 Å². The summed E-state index contributed by atoms with van der Waals surface area (Å²) >= 11 is 0. The van der Waals surface area contributed by atoms with Gasteiger partial charge in [-0.25, -0.2) is 9.59 Å². The van der Waals surface area contributed by atoms with Crippen LogP contribution in [0.4, 0.5) is 5.69 Å². The molecule has 28 heavy (non-hydrogen) atoms. The number of nitrogens with one attached hydrogen (secondary N) is 1. The summed E-state index contributed by atoms with van der Waals surface area (Å²) in [5, 5.41) is 2.82. The molecule has 0 aliphatic heterocycles. The molecule has 1 N–H and O–H groups in total. The third-order valence-corrected chi connectivity index (χ3v) is 3.83. The first kappa shape index (κ1) is 21.0. The highest BCUT2D eigenvalue weighted by molar-refractivity contribution is 6.03. The summed E-state index contributed by atoms with van der Waals surface area (Å²) in [6, 6.07) is 11.2. The number of benzene rings is 2. The summed E-state index contributed by atoms with van der Waals surface area (Å²) in [5.41, 5.74) is 0.271. The third kappa shape index (κ3) is 5.09. The largest absolute Gasteiger partial charge is 0.465 e. The zero-order valence-corrected chi connectivity index (χ0v) is 16.5. The standard InChI is InChI=1S/C21H23NO6/c1-21(2,3)20(25)22-13-6-8-14(9-7-13)28-15-10-11-16(18(23)26-4)17(12-15)19(24)27-5/h6-12H,1-5H3,(H,22,25). The molecular formula is C21H23NO6. The molecule has 0 fully saturated rings. The van der Waals surface area contributed by atoms with Gasteiger partial charge in [-0.15, -0.1) is 0 Å². The normalized spacial score (nSPS) is 10.8. The molecule has 0 saturated carbocycles. The molecule has 0 saturated heterocycles. The van der Waals surface area contributed by atoms with E-state index in [4.69, 9.17) is 9.47 Å². The second kappa shape index (κ2) is 8.56. The van der Waals surface area contributed by atoms with Crippen LogP contribution in [0.25, 0.3) is 0 Å². The molecule has 0 aliphatic carbocycles. The molecule has 0 bridgehead atoms. The van der Waals surface area contributed by atoms with Crippen molar-refractivity contribution < 1.29 is 28.6 Å². The molecule has 0 radical (unpaired) electrons. The maximum Gasteiger partial charge on any atom is 0.338 e. The average Bonchev–Trinajstić information content (AvgIpc) is 2.67. The molecule has 1 amide bonds. The molecule has 0 heterocycles. The highest BCUT2D eigenvalue weighted by atomic mass is 16.5. The Balaban J connectivity index is 2.20. The fourth-order valence-electron chi connectivity index (χ4n) is 2.21. The van der Waals surface area contributed by atoms with Crippen molar-refractivity contribution in [2.24, 2.45) is 5.41 Å². The first-order chi connectivity index (χ1) is 13.2. The van der Waals surface area contributed by atoms with Gasteiger partial charge in [0.05, 0.1) is 25.3 Å². The Hall–Kier alpha value is -3.35. The van der Waals surface area contributed by atoms with Gasteiger partial charge in [-0.2, -0.15) is 0 Å². The number of esters is 2. The van der Waals surface area contributed by atoms with Crippen molar-refractivity contribution in [3.05, 3.63) is 53.6 Å². The van der Waals surface area contributed by atoms with Gasteiger partial charge in [-0.3, -0.25) is 4.79 Å². The van der Waals surface area contributed by atoms with Crippen LogP contribution >= 0.6 is 0 Å². The number of anilines is 1. The molecule has 148 valence electrons. The van der Waals surface area contributed by atoms with Crippen LogP contribution < -0.4 is 10.1 Å². The van der Waals surface area contributed by atoms with E-state index in [0.717, 1.165) is 0 Å². The molecule has 2 aromatic rings. The minimum atomic E-state index is -0.675. The first-order valence-electron chi connectivity index (χ1n) is 8.55. The zero-order valence-electron chi connectivity index (χ0n) is 16.5. The molecule has 0 spiro atoms. The number of carbonyl (C=O) groups excluding carboxylic acids is 3. The van der Waals surface area contributed by atoms with Crippen LogP contribution in [0.5, 0.6) is 11.5 Å². The maximum absolute atomic E-state index is 12.0. The zero-order chi connectivity index (χ0) is 20.9. The molecule has 0 aromatic heterocycles. The second-order valence-corrected chi connectivity index (χ2v) is 7.02. The Morgan fingerprint density at radius 3 is 1.86 bits per heavy atom. The molecule has 0 atom stereocenters. The highest BCUT2D eigenvalue weighted by Crippen LogP contribution is 2.27. The van der Waals surface area contributed by atoms with E-state index >= 15 is 0 Å². The van der Waals surface area contributed by atoms with Gasteiger partial charge < -0.3 is 19.5 Å². The van der Waals surface area contributed by atoms with Gasteiger partial charge >= 0.3 is 11.9 Å². The van der Waals surface area contributed by atoms with E-state index in [-0.39, 0.29) is 17.0 Å². The molecule has 7 nitrogen and oxygen atoms in total. The minimum absolute atomic E-state index is 0.0425. The van der Waals surface area contributed by atoms with Gasteiger partial charge in [-0.1, -0.05) is 20.8 Å². The van der Waals surface area contributed by atoms with E-state index in [1.807, 2.05) is 20.8 Å². The lowest BCUT2D eigenvalue weighted by molar-refractivity contribution is -0.123. The number of hydrogen-bond donors (Lipinski definition) is 1. The Kier molecular flexibility index (Phi) is 6.41. The number of rotatable bonds is 5. The van der Waals surface area contributed by atoms with Gasteiger partial charge in [-0.05, 0) is 42.5 Å². The topological polar surface area (TPSA) is 90.9 Å². The summed E-state index contributed by atoms with van der Waals surface area (Å²) < 4.78 is 15.1. The van der Waals surface area contributed by atoms with E-state index in [2.05, 4.69) is 10.1 Å². The van der Waals surface area contributed by atoms with E-state index in [1.54, 1.807) is 30.3 Å². The predicted molar refractivity (Wildman–Crippen MR) is 104 cm³/mol. The number of ether oxygens (including phenoxy) is 3. The van der Waals surface area contributed by atoms with Crippen LogP contribution in [-0.2, 0) is 14.3 Å². The Labute approximate surface area is 163 Å². The van der Waals surface area contributed by atoms with Gasteiger partial charge in [0.15, 0.2) is 0 Å². The van der Waals surface area contributed by atoms with E-state index in [1.165, 1.54) is 26.4 Å². The van der Waals surface area contributed by atoms with E-state index in [0.29, 0.717) is 17.2 Å². The third-order valence-electron chi connectivity index (χ3n) is 3.83. The number of carbonyl (C=O) groups is 3. The highest BCUT2D eigenvalue weighted by Gasteiger charge is 2.21.